The van der Waals surface area contributed by atoms with E-state index in [9.17, 15) is 0 Å². The fourth-order valence-electron chi connectivity index (χ4n) is 1.83. The maximum Gasteiger partial charge on any atom is 0.125 e. The second kappa shape index (κ2) is 5.06. The number of aryl methyl sites for hydroxylation is 1. The summed E-state index contributed by atoms with van der Waals surface area (Å²) in [6.45, 7) is 2.05. The van der Waals surface area contributed by atoms with Gasteiger partial charge in [0.1, 0.15) is 17.3 Å². The minimum absolute atomic E-state index is 0.286. The number of nitrogens with two attached hydrogens (primary N) is 1. The van der Waals surface area contributed by atoms with E-state index < -0.39 is 0 Å². The summed E-state index contributed by atoms with van der Waals surface area (Å²) < 4.78 is 11.0. The first kappa shape index (κ1) is 11.7. The van der Waals surface area contributed by atoms with E-state index >= 15 is 0 Å². The number of para-hydroxylation sites is 1. The van der Waals surface area contributed by atoms with E-state index in [4.69, 9.17) is 14.9 Å². The molecule has 0 amide bonds. The number of benzene rings is 1. The number of furan rings is 1. The molecular weight excluding hydrogens is 214 g/mol. The van der Waals surface area contributed by atoms with Crippen molar-refractivity contribution in [2.24, 2.45) is 5.73 Å². The minimum atomic E-state index is -0.286. The molecule has 0 saturated carbocycles. The van der Waals surface area contributed by atoms with Gasteiger partial charge in [-0.05, 0) is 18.2 Å². The lowest BCUT2D eigenvalue weighted by molar-refractivity contribution is 0.400. The second-order valence-corrected chi connectivity index (χ2v) is 3.88. The number of ether oxygens (including phenoxy) is 1. The van der Waals surface area contributed by atoms with Crippen LogP contribution in [0.15, 0.2) is 40.8 Å². The summed E-state index contributed by atoms with van der Waals surface area (Å²) in [5, 5.41) is 0. The lowest BCUT2D eigenvalue weighted by Crippen LogP contribution is -2.12. The van der Waals surface area contributed by atoms with E-state index in [1.165, 1.54) is 0 Å². The third-order valence-electron chi connectivity index (χ3n) is 2.81. The average Bonchev–Trinajstić information content (AvgIpc) is 2.86. The van der Waals surface area contributed by atoms with Gasteiger partial charge in [-0.25, -0.2) is 0 Å². The van der Waals surface area contributed by atoms with Crippen LogP contribution >= 0.6 is 0 Å². The van der Waals surface area contributed by atoms with Crippen LogP contribution in [0.25, 0.3) is 0 Å². The fourth-order valence-corrected chi connectivity index (χ4v) is 1.83. The maximum atomic E-state index is 6.19. The van der Waals surface area contributed by atoms with E-state index in [1.807, 2.05) is 36.4 Å². The molecule has 0 spiro atoms. The summed E-state index contributed by atoms with van der Waals surface area (Å²) >= 11 is 0. The Labute approximate surface area is 101 Å². The van der Waals surface area contributed by atoms with E-state index in [1.54, 1.807) is 7.11 Å². The van der Waals surface area contributed by atoms with E-state index in [0.29, 0.717) is 0 Å². The zero-order valence-corrected chi connectivity index (χ0v) is 10.1. The monoisotopic (exact) mass is 231 g/mol. The highest BCUT2D eigenvalue weighted by atomic mass is 16.5. The largest absolute Gasteiger partial charge is 0.496 e. The standard InChI is InChI=1S/C14H17NO2/c1-3-10-8-9-13(17-10)14(15)11-6-4-5-7-12(11)16-2/h4-9,14H,3,15H2,1-2H3. The number of methoxy groups -OCH3 is 1. The quantitative estimate of drug-likeness (QED) is 0.880. The Morgan fingerprint density at radius 1 is 1.24 bits per heavy atom. The Kier molecular flexibility index (Phi) is 3.49. The van der Waals surface area contributed by atoms with Crippen LogP contribution in [-0.2, 0) is 6.42 Å². The molecule has 2 aromatic rings. The van der Waals surface area contributed by atoms with Gasteiger partial charge in [-0.3, -0.25) is 0 Å². The van der Waals surface area contributed by atoms with Crippen molar-refractivity contribution in [1.29, 1.82) is 0 Å². The van der Waals surface area contributed by atoms with Crippen molar-refractivity contribution in [3.8, 4) is 5.75 Å². The van der Waals surface area contributed by atoms with Gasteiger partial charge in [0, 0.05) is 12.0 Å². The number of rotatable bonds is 4. The Balaban J connectivity index is 2.32. The zero-order chi connectivity index (χ0) is 12.3. The van der Waals surface area contributed by atoms with Crippen LogP contribution in [0.4, 0.5) is 0 Å². The van der Waals surface area contributed by atoms with Crippen molar-refractivity contribution < 1.29 is 9.15 Å². The molecule has 3 heteroatoms. The predicted molar refractivity (Wildman–Crippen MR) is 67.1 cm³/mol. The van der Waals surface area contributed by atoms with Crippen LogP contribution < -0.4 is 10.5 Å². The van der Waals surface area contributed by atoms with Gasteiger partial charge in [-0.15, -0.1) is 0 Å². The van der Waals surface area contributed by atoms with E-state index in [2.05, 4.69) is 6.92 Å². The summed E-state index contributed by atoms with van der Waals surface area (Å²) in [6, 6.07) is 11.3. The molecule has 2 N–H and O–H groups in total. The van der Waals surface area contributed by atoms with Crippen molar-refractivity contribution in [2.45, 2.75) is 19.4 Å². The van der Waals surface area contributed by atoms with Crippen molar-refractivity contribution >= 4 is 0 Å². The smallest absolute Gasteiger partial charge is 0.125 e. The van der Waals surface area contributed by atoms with Gasteiger partial charge < -0.3 is 14.9 Å². The summed E-state index contributed by atoms with van der Waals surface area (Å²) in [4.78, 5) is 0. The van der Waals surface area contributed by atoms with Crippen LogP contribution in [0.5, 0.6) is 5.75 Å². The Morgan fingerprint density at radius 2 is 2.00 bits per heavy atom. The molecule has 0 aliphatic carbocycles. The molecule has 0 aliphatic rings. The molecule has 0 fully saturated rings. The molecule has 0 radical (unpaired) electrons. The normalized spacial score (nSPS) is 12.4. The third kappa shape index (κ3) is 2.34. The molecule has 17 heavy (non-hydrogen) atoms. The van der Waals surface area contributed by atoms with Crippen molar-refractivity contribution in [2.75, 3.05) is 7.11 Å². The molecule has 1 aromatic carbocycles. The Bertz CT molecular complexity index is 490. The van der Waals surface area contributed by atoms with E-state index in [-0.39, 0.29) is 6.04 Å². The predicted octanol–water partition coefficient (Wildman–Crippen LogP) is 2.90. The summed E-state index contributed by atoms with van der Waals surface area (Å²) in [5.41, 5.74) is 7.12. The molecule has 0 aliphatic heterocycles. The van der Waals surface area contributed by atoms with Crippen LogP contribution in [-0.4, -0.2) is 7.11 Å². The zero-order valence-electron chi connectivity index (χ0n) is 10.1. The van der Waals surface area contributed by atoms with Gasteiger partial charge in [0.05, 0.1) is 13.2 Å². The van der Waals surface area contributed by atoms with Gasteiger partial charge in [-0.2, -0.15) is 0 Å². The molecule has 2 rings (SSSR count). The van der Waals surface area contributed by atoms with Crippen LogP contribution in [0, 0.1) is 0 Å². The highest BCUT2D eigenvalue weighted by Gasteiger charge is 2.16. The first-order valence-corrected chi connectivity index (χ1v) is 5.73. The first-order chi connectivity index (χ1) is 8.26. The summed E-state index contributed by atoms with van der Waals surface area (Å²) in [7, 11) is 1.64. The van der Waals surface area contributed by atoms with Crippen molar-refractivity contribution in [3.05, 3.63) is 53.5 Å². The SMILES string of the molecule is CCc1ccc(C(N)c2ccccc2OC)o1. The Morgan fingerprint density at radius 3 is 2.65 bits per heavy atom. The van der Waals surface area contributed by atoms with Gasteiger partial charge in [0.2, 0.25) is 0 Å². The third-order valence-corrected chi connectivity index (χ3v) is 2.81. The van der Waals surface area contributed by atoms with Gasteiger partial charge in [0.25, 0.3) is 0 Å². The molecular formula is C14H17NO2. The maximum absolute atomic E-state index is 6.19. The van der Waals surface area contributed by atoms with Gasteiger partial charge >= 0.3 is 0 Å². The van der Waals surface area contributed by atoms with Crippen LogP contribution in [0.1, 0.15) is 30.0 Å². The molecule has 0 saturated heterocycles. The highest BCUT2D eigenvalue weighted by Crippen LogP contribution is 2.28. The van der Waals surface area contributed by atoms with Crippen LogP contribution in [0.3, 0.4) is 0 Å². The minimum Gasteiger partial charge on any atom is -0.496 e. The average molecular weight is 231 g/mol. The van der Waals surface area contributed by atoms with Gasteiger partial charge in [0.15, 0.2) is 0 Å². The molecule has 3 nitrogen and oxygen atoms in total. The van der Waals surface area contributed by atoms with Gasteiger partial charge in [-0.1, -0.05) is 25.1 Å². The lowest BCUT2D eigenvalue weighted by Gasteiger charge is -2.13. The fraction of sp³-hybridized carbons (Fsp3) is 0.286. The van der Waals surface area contributed by atoms with Crippen LogP contribution in [0.2, 0.25) is 0 Å². The highest BCUT2D eigenvalue weighted by molar-refractivity contribution is 5.39. The number of hydrogen-bond acceptors (Lipinski definition) is 3. The summed E-state index contributed by atoms with van der Waals surface area (Å²) in [5.74, 6) is 2.51. The molecule has 90 valence electrons. The second-order valence-electron chi connectivity index (χ2n) is 3.88. The van der Waals surface area contributed by atoms with E-state index in [0.717, 1.165) is 29.3 Å². The molecule has 1 heterocycles. The van der Waals surface area contributed by atoms with Crippen molar-refractivity contribution in [1.82, 2.24) is 0 Å². The van der Waals surface area contributed by atoms with Crippen molar-refractivity contribution in [3.63, 3.8) is 0 Å². The Hall–Kier alpha value is -1.74. The number of hydrogen-bond donors (Lipinski definition) is 1. The lowest BCUT2D eigenvalue weighted by atomic mass is 10.0. The molecule has 0 bridgehead atoms. The summed E-state index contributed by atoms with van der Waals surface area (Å²) in [6.07, 6.45) is 0.874. The topological polar surface area (TPSA) is 48.4 Å². The molecule has 1 atom stereocenters. The molecule has 1 aromatic heterocycles. The first-order valence-electron chi connectivity index (χ1n) is 5.73. The molecule has 1 unspecified atom stereocenters.